The third-order valence-electron chi connectivity index (χ3n) is 4.70. The van der Waals surface area contributed by atoms with Gasteiger partial charge in [-0.1, -0.05) is 28.1 Å². The molecule has 0 atom stereocenters. The molecule has 2 aromatic carbocycles. The summed E-state index contributed by atoms with van der Waals surface area (Å²) in [5, 5.41) is 5.30. The quantitative estimate of drug-likeness (QED) is 0.451. The molecule has 1 N–H and O–H groups in total. The molecule has 0 saturated carbocycles. The van der Waals surface area contributed by atoms with Crippen molar-refractivity contribution in [2.24, 2.45) is 0 Å². The summed E-state index contributed by atoms with van der Waals surface area (Å²) in [4.78, 5) is 32.6. The van der Waals surface area contributed by atoms with Crippen molar-refractivity contribution in [1.82, 2.24) is 9.55 Å². The van der Waals surface area contributed by atoms with Gasteiger partial charge in [-0.2, -0.15) is 0 Å². The zero-order chi connectivity index (χ0) is 21.3. The van der Waals surface area contributed by atoms with Crippen LogP contribution in [0, 0.1) is 0 Å². The van der Waals surface area contributed by atoms with Gasteiger partial charge in [0.05, 0.1) is 11.7 Å². The number of thiophene rings is 1. The smallest absolute Gasteiger partial charge is 0.263 e. The SMILES string of the molecule is CN(C)c1ccc(NC(=O)Cn2cnc3scc(-c4ccc(Br)cc4)c3c2=O)cc1. The molecule has 1 amide bonds. The molecule has 0 aliphatic carbocycles. The van der Waals surface area contributed by atoms with Crippen molar-refractivity contribution in [3.05, 3.63) is 75.1 Å². The summed E-state index contributed by atoms with van der Waals surface area (Å²) >= 11 is 4.85. The van der Waals surface area contributed by atoms with Gasteiger partial charge in [0.1, 0.15) is 11.4 Å². The van der Waals surface area contributed by atoms with Crippen molar-refractivity contribution < 1.29 is 4.79 Å². The van der Waals surface area contributed by atoms with E-state index in [0.717, 1.165) is 21.3 Å². The van der Waals surface area contributed by atoms with Gasteiger partial charge in [0.2, 0.25) is 5.91 Å². The summed E-state index contributed by atoms with van der Waals surface area (Å²) in [5.41, 5.74) is 3.26. The number of carbonyl (C=O) groups excluding carboxylic acids is 1. The van der Waals surface area contributed by atoms with E-state index in [1.807, 2.05) is 72.9 Å². The van der Waals surface area contributed by atoms with E-state index < -0.39 is 0 Å². The Kier molecular flexibility index (Phi) is 5.69. The molecule has 0 saturated heterocycles. The average molecular weight is 483 g/mol. The number of fused-ring (bicyclic) bond motifs is 1. The molecule has 0 aliphatic heterocycles. The number of nitrogens with zero attached hydrogens (tertiary/aromatic N) is 3. The van der Waals surface area contributed by atoms with E-state index in [2.05, 4.69) is 26.2 Å². The summed E-state index contributed by atoms with van der Waals surface area (Å²) in [7, 11) is 3.91. The molecule has 4 aromatic rings. The highest BCUT2D eigenvalue weighted by Crippen LogP contribution is 2.31. The highest BCUT2D eigenvalue weighted by Gasteiger charge is 2.15. The first-order valence-corrected chi connectivity index (χ1v) is 10.9. The van der Waals surface area contributed by atoms with E-state index in [1.165, 1.54) is 22.2 Å². The summed E-state index contributed by atoms with van der Waals surface area (Å²) in [6.07, 6.45) is 1.43. The van der Waals surface area contributed by atoms with Crippen LogP contribution in [0.15, 0.2) is 69.5 Å². The zero-order valence-electron chi connectivity index (χ0n) is 16.4. The standard InChI is InChI=1S/C22H19BrN4O2S/c1-26(2)17-9-7-16(8-10-17)25-19(28)11-27-13-24-21-20(22(27)29)18(12-30-21)14-3-5-15(23)6-4-14/h3-10,12-13H,11H2,1-2H3,(H,25,28). The van der Waals surface area contributed by atoms with Crippen molar-refractivity contribution in [2.75, 3.05) is 24.3 Å². The molecule has 0 bridgehead atoms. The first-order chi connectivity index (χ1) is 14.4. The summed E-state index contributed by atoms with van der Waals surface area (Å²) < 4.78 is 2.32. The molecule has 0 radical (unpaired) electrons. The minimum atomic E-state index is -0.281. The number of anilines is 2. The number of hydrogen-bond acceptors (Lipinski definition) is 5. The van der Waals surface area contributed by atoms with Crippen LogP contribution in [0.4, 0.5) is 11.4 Å². The number of amides is 1. The number of aromatic nitrogens is 2. The van der Waals surface area contributed by atoms with Gasteiger partial charge in [-0.3, -0.25) is 14.2 Å². The molecule has 8 heteroatoms. The Morgan fingerprint density at radius 2 is 1.83 bits per heavy atom. The highest BCUT2D eigenvalue weighted by atomic mass is 79.9. The van der Waals surface area contributed by atoms with Gasteiger partial charge in [-0.15, -0.1) is 11.3 Å². The van der Waals surface area contributed by atoms with Crippen LogP contribution in [-0.4, -0.2) is 29.6 Å². The molecule has 2 aromatic heterocycles. The van der Waals surface area contributed by atoms with Gasteiger partial charge in [0.15, 0.2) is 0 Å². The number of rotatable bonds is 5. The van der Waals surface area contributed by atoms with Crippen molar-refractivity contribution >= 4 is 54.8 Å². The van der Waals surface area contributed by atoms with E-state index in [0.29, 0.717) is 15.9 Å². The highest BCUT2D eigenvalue weighted by molar-refractivity contribution is 9.10. The largest absolute Gasteiger partial charge is 0.378 e. The second kappa shape index (κ2) is 8.41. The van der Waals surface area contributed by atoms with Crippen LogP contribution in [0.1, 0.15) is 0 Å². The fourth-order valence-electron chi connectivity index (χ4n) is 3.12. The topological polar surface area (TPSA) is 67.2 Å². The van der Waals surface area contributed by atoms with Gasteiger partial charge in [-0.25, -0.2) is 4.98 Å². The maximum absolute atomic E-state index is 13.1. The van der Waals surface area contributed by atoms with E-state index in [1.54, 1.807) is 0 Å². The predicted molar refractivity (Wildman–Crippen MR) is 126 cm³/mol. The molecule has 4 rings (SSSR count). The lowest BCUT2D eigenvalue weighted by Gasteiger charge is -2.13. The van der Waals surface area contributed by atoms with Gasteiger partial charge in [-0.05, 0) is 42.0 Å². The van der Waals surface area contributed by atoms with Gasteiger partial charge in [0.25, 0.3) is 5.56 Å². The lowest BCUT2D eigenvalue weighted by atomic mass is 10.1. The van der Waals surface area contributed by atoms with E-state index in [4.69, 9.17) is 0 Å². The minimum Gasteiger partial charge on any atom is -0.378 e. The lowest BCUT2D eigenvalue weighted by Crippen LogP contribution is -2.27. The van der Waals surface area contributed by atoms with Gasteiger partial charge < -0.3 is 10.2 Å². The van der Waals surface area contributed by atoms with Crippen LogP contribution in [0.2, 0.25) is 0 Å². The first kappa shape index (κ1) is 20.3. The lowest BCUT2D eigenvalue weighted by molar-refractivity contribution is -0.116. The van der Waals surface area contributed by atoms with Crippen molar-refractivity contribution in [3.63, 3.8) is 0 Å². The monoisotopic (exact) mass is 482 g/mol. The van der Waals surface area contributed by atoms with E-state index >= 15 is 0 Å². The Hall–Kier alpha value is -2.97. The molecule has 6 nitrogen and oxygen atoms in total. The van der Waals surface area contributed by atoms with E-state index in [9.17, 15) is 9.59 Å². The molecule has 152 valence electrons. The van der Waals surface area contributed by atoms with Crippen LogP contribution >= 0.6 is 27.3 Å². The third-order valence-corrected chi connectivity index (χ3v) is 6.11. The first-order valence-electron chi connectivity index (χ1n) is 9.22. The second-order valence-electron chi connectivity index (χ2n) is 7.00. The van der Waals surface area contributed by atoms with Crippen LogP contribution in [0.25, 0.3) is 21.3 Å². The van der Waals surface area contributed by atoms with Gasteiger partial charge in [0, 0.05) is 40.9 Å². The molecule has 0 fully saturated rings. The fourth-order valence-corrected chi connectivity index (χ4v) is 4.29. The fraction of sp³-hybridized carbons (Fsp3) is 0.136. The summed E-state index contributed by atoms with van der Waals surface area (Å²) in [6.45, 7) is -0.104. The molecular formula is C22H19BrN4O2S. The van der Waals surface area contributed by atoms with Crippen LogP contribution in [0.3, 0.4) is 0 Å². The molecule has 2 heterocycles. The number of carbonyl (C=O) groups is 1. The van der Waals surface area contributed by atoms with Crippen molar-refractivity contribution in [2.45, 2.75) is 6.54 Å². The Morgan fingerprint density at radius 1 is 1.13 bits per heavy atom. The normalized spacial score (nSPS) is 10.9. The molecule has 0 aliphatic rings. The Bertz CT molecular complexity index is 1260. The maximum Gasteiger partial charge on any atom is 0.263 e. The second-order valence-corrected chi connectivity index (χ2v) is 8.78. The van der Waals surface area contributed by atoms with Crippen LogP contribution in [-0.2, 0) is 11.3 Å². The molecular weight excluding hydrogens is 464 g/mol. The van der Waals surface area contributed by atoms with E-state index in [-0.39, 0.29) is 18.0 Å². The van der Waals surface area contributed by atoms with Crippen LogP contribution < -0.4 is 15.8 Å². The van der Waals surface area contributed by atoms with Crippen molar-refractivity contribution in [3.8, 4) is 11.1 Å². The predicted octanol–water partition coefficient (Wildman–Crippen LogP) is 4.59. The Labute approximate surface area is 185 Å². The Balaban J connectivity index is 1.59. The summed E-state index contributed by atoms with van der Waals surface area (Å²) in [5.74, 6) is -0.281. The zero-order valence-corrected chi connectivity index (χ0v) is 18.8. The Morgan fingerprint density at radius 3 is 2.50 bits per heavy atom. The number of hydrogen-bond donors (Lipinski definition) is 1. The minimum absolute atomic E-state index is 0.104. The molecule has 0 spiro atoms. The van der Waals surface area contributed by atoms with Crippen molar-refractivity contribution in [1.29, 1.82) is 0 Å². The third kappa shape index (κ3) is 4.15. The average Bonchev–Trinajstić information content (AvgIpc) is 3.16. The number of nitrogens with one attached hydrogen (secondary N) is 1. The maximum atomic E-state index is 13.1. The molecule has 30 heavy (non-hydrogen) atoms. The molecule has 0 unspecified atom stereocenters. The van der Waals surface area contributed by atoms with Gasteiger partial charge >= 0.3 is 0 Å². The van der Waals surface area contributed by atoms with Crippen LogP contribution in [0.5, 0.6) is 0 Å². The summed E-state index contributed by atoms with van der Waals surface area (Å²) in [6, 6.07) is 15.3. The number of halogens is 1. The number of benzene rings is 2.